The fourth-order valence-corrected chi connectivity index (χ4v) is 1.74. The van der Waals surface area contributed by atoms with Crippen LogP contribution in [0.5, 0.6) is 0 Å². The second-order valence-electron chi connectivity index (χ2n) is 3.39. The molecule has 0 aliphatic carbocycles. The molecule has 1 aliphatic rings. The van der Waals surface area contributed by atoms with Crippen LogP contribution in [-0.4, -0.2) is 41.6 Å². The van der Waals surface area contributed by atoms with Gasteiger partial charge in [0, 0.05) is 32.7 Å². The summed E-state index contributed by atoms with van der Waals surface area (Å²) in [4.78, 5) is 0. The average Bonchev–Trinajstić information content (AvgIpc) is 2.42. The molecule has 0 saturated carbocycles. The lowest BCUT2D eigenvalue weighted by Crippen LogP contribution is -2.41. The number of methoxy groups -OCH3 is 1. The molecule has 0 aromatic carbocycles. The minimum atomic E-state index is 0.500. The highest BCUT2D eigenvalue weighted by Crippen LogP contribution is 2.17. The van der Waals surface area contributed by atoms with E-state index in [-0.39, 0.29) is 0 Å². The summed E-state index contributed by atoms with van der Waals surface area (Å²) < 4.78 is 7.73. The second-order valence-corrected chi connectivity index (χ2v) is 3.77. The Hall–Kier alpha value is -0.720. The summed E-state index contributed by atoms with van der Waals surface area (Å²) in [5.41, 5.74) is 0. The summed E-state index contributed by atoms with van der Waals surface area (Å²) >= 11 is 5.15. The first-order valence-electron chi connectivity index (χ1n) is 4.67. The Balaban J connectivity index is 2.17. The van der Waals surface area contributed by atoms with Gasteiger partial charge in [0.15, 0.2) is 4.77 Å². The fraction of sp³-hybridized carbons (Fsp3) is 0.750. The summed E-state index contributed by atoms with van der Waals surface area (Å²) in [6, 6.07) is 0. The number of H-pyrrole nitrogens is 1. The zero-order chi connectivity index (χ0) is 9.97. The maximum Gasteiger partial charge on any atom is 0.195 e. The van der Waals surface area contributed by atoms with Crippen LogP contribution in [0, 0.1) is 4.77 Å². The largest absolute Gasteiger partial charge is 0.383 e. The molecule has 1 fully saturated rings. The van der Waals surface area contributed by atoms with Crippen LogP contribution in [0.15, 0.2) is 0 Å². The van der Waals surface area contributed by atoms with Crippen molar-refractivity contribution in [3.05, 3.63) is 10.6 Å². The third-order valence-corrected chi connectivity index (χ3v) is 2.77. The molecule has 1 aromatic heterocycles. The van der Waals surface area contributed by atoms with Gasteiger partial charge in [0.1, 0.15) is 5.82 Å². The van der Waals surface area contributed by atoms with E-state index in [0.29, 0.717) is 17.3 Å². The SMILES string of the molecule is COCCn1c(C2CNC2)n[nH]c1=S. The summed E-state index contributed by atoms with van der Waals surface area (Å²) in [6.45, 7) is 3.43. The molecule has 5 nitrogen and oxygen atoms in total. The molecule has 2 heterocycles. The van der Waals surface area contributed by atoms with Gasteiger partial charge < -0.3 is 14.6 Å². The number of nitrogens with one attached hydrogen (secondary N) is 2. The maximum atomic E-state index is 5.15. The smallest absolute Gasteiger partial charge is 0.195 e. The second kappa shape index (κ2) is 4.20. The highest BCUT2D eigenvalue weighted by atomic mass is 32.1. The quantitative estimate of drug-likeness (QED) is 0.707. The Morgan fingerprint density at radius 3 is 3.00 bits per heavy atom. The van der Waals surface area contributed by atoms with Crippen LogP contribution in [-0.2, 0) is 11.3 Å². The van der Waals surface area contributed by atoms with E-state index in [4.69, 9.17) is 17.0 Å². The minimum absolute atomic E-state index is 0.500. The highest BCUT2D eigenvalue weighted by molar-refractivity contribution is 7.71. The normalized spacial score (nSPS) is 16.9. The van der Waals surface area contributed by atoms with Crippen molar-refractivity contribution in [2.24, 2.45) is 0 Å². The summed E-state index contributed by atoms with van der Waals surface area (Å²) in [6.07, 6.45) is 0. The first kappa shape index (κ1) is 9.82. The standard InChI is InChI=1S/C8H14N4OS/c1-13-3-2-12-7(6-4-9-5-6)10-11-8(12)14/h6,9H,2-5H2,1H3,(H,11,14). The van der Waals surface area contributed by atoms with Gasteiger partial charge in [-0.3, -0.25) is 5.10 Å². The van der Waals surface area contributed by atoms with Crippen LogP contribution in [0.25, 0.3) is 0 Å². The molecule has 0 spiro atoms. The Labute approximate surface area is 87.5 Å². The van der Waals surface area contributed by atoms with Crippen molar-refractivity contribution in [3.63, 3.8) is 0 Å². The lowest BCUT2D eigenvalue weighted by atomic mass is 10.0. The van der Waals surface area contributed by atoms with Gasteiger partial charge in [-0.15, -0.1) is 0 Å². The van der Waals surface area contributed by atoms with Crippen molar-refractivity contribution in [2.75, 3.05) is 26.8 Å². The van der Waals surface area contributed by atoms with Crippen LogP contribution in [0.4, 0.5) is 0 Å². The molecule has 0 radical (unpaired) electrons. The van der Waals surface area contributed by atoms with Crippen LogP contribution >= 0.6 is 12.2 Å². The fourth-order valence-electron chi connectivity index (χ4n) is 1.51. The molecular weight excluding hydrogens is 200 g/mol. The van der Waals surface area contributed by atoms with Gasteiger partial charge in [-0.05, 0) is 12.2 Å². The van der Waals surface area contributed by atoms with E-state index in [1.165, 1.54) is 0 Å². The number of hydrogen-bond donors (Lipinski definition) is 2. The van der Waals surface area contributed by atoms with Crippen LogP contribution in [0.1, 0.15) is 11.7 Å². The topological polar surface area (TPSA) is 54.9 Å². The Morgan fingerprint density at radius 1 is 1.64 bits per heavy atom. The molecule has 0 amide bonds. The summed E-state index contributed by atoms with van der Waals surface area (Å²) in [5, 5.41) is 10.3. The molecule has 0 atom stereocenters. The van der Waals surface area contributed by atoms with Crippen molar-refractivity contribution in [3.8, 4) is 0 Å². The van der Waals surface area contributed by atoms with Crippen LogP contribution in [0.3, 0.4) is 0 Å². The van der Waals surface area contributed by atoms with Crippen molar-refractivity contribution < 1.29 is 4.74 Å². The van der Waals surface area contributed by atoms with Gasteiger partial charge in [-0.2, -0.15) is 5.10 Å². The minimum Gasteiger partial charge on any atom is -0.383 e. The monoisotopic (exact) mass is 214 g/mol. The first-order chi connectivity index (χ1) is 6.83. The van der Waals surface area contributed by atoms with E-state index < -0.39 is 0 Å². The lowest BCUT2D eigenvalue weighted by molar-refractivity contribution is 0.184. The number of nitrogens with zero attached hydrogens (tertiary/aromatic N) is 2. The molecule has 6 heteroatoms. The highest BCUT2D eigenvalue weighted by Gasteiger charge is 2.24. The van der Waals surface area contributed by atoms with E-state index >= 15 is 0 Å². The van der Waals surface area contributed by atoms with E-state index in [2.05, 4.69) is 15.5 Å². The molecule has 0 unspecified atom stereocenters. The molecule has 0 bridgehead atoms. The van der Waals surface area contributed by atoms with Gasteiger partial charge >= 0.3 is 0 Å². The third kappa shape index (κ3) is 1.73. The van der Waals surface area contributed by atoms with Gasteiger partial charge in [-0.25, -0.2) is 0 Å². The molecule has 1 aromatic rings. The number of aromatic nitrogens is 3. The first-order valence-corrected chi connectivity index (χ1v) is 5.08. The number of hydrogen-bond acceptors (Lipinski definition) is 4. The van der Waals surface area contributed by atoms with E-state index in [1.807, 2.05) is 4.57 Å². The van der Waals surface area contributed by atoms with Gasteiger partial charge in [0.05, 0.1) is 6.61 Å². The Kier molecular flexibility index (Phi) is 2.95. The van der Waals surface area contributed by atoms with Crippen LogP contribution in [0.2, 0.25) is 0 Å². The lowest BCUT2D eigenvalue weighted by Gasteiger charge is -2.26. The summed E-state index contributed by atoms with van der Waals surface area (Å²) in [7, 11) is 1.69. The van der Waals surface area contributed by atoms with Gasteiger partial charge in [0.25, 0.3) is 0 Å². The van der Waals surface area contributed by atoms with Gasteiger partial charge in [0.2, 0.25) is 0 Å². The van der Waals surface area contributed by atoms with E-state index in [9.17, 15) is 0 Å². The van der Waals surface area contributed by atoms with Crippen LogP contribution < -0.4 is 5.32 Å². The summed E-state index contributed by atoms with van der Waals surface area (Å²) in [5.74, 6) is 1.55. The average molecular weight is 214 g/mol. The zero-order valence-corrected chi connectivity index (χ0v) is 8.93. The van der Waals surface area contributed by atoms with Crippen molar-refractivity contribution in [2.45, 2.75) is 12.5 Å². The Morgan fingerprint density at radius 2 is 2.43 bits per heavy atom. The number of aromatic amines is 1. The zero-order valence-electron chi connectivity index (χ0n) is 8.12. The van der Waals surface area contributed by atoms with Crippen molar-refractivity contribution in [1.82, 2.24) is 20.1 Å². The van der Waals surface area contributed by atoms with E-state index in [0.717, 1.165) is 25.5 Å². The third-order valence-electron chi connectivity index (χ3n) is 2.45. The Bertz CT molecular complexity index is 354. The molecule has 1 aliphatic heterocycles. The predicted molar refractivity (Wildman–Crippen MR) is 54.9 cm³/mol. The van der Waals surface area contributed by atoms with E-state index in [1.54, 1.807) is 7.11 Å². The van der Waals surface area contributed by atoms with Gasteiger partial charge in [-0.1, -0.05) is 0 Å². The molecule has 14 heavy (non-hydrogen) atoms. The number of ether oxygens (including phenoxy) is 1. The predicted octanol–water partition coefficient (Wildman–Crippen LogP) is 0.274. The molecule has 2 rings (SSSR count). The molecule has 2 N–H and O–H groups in total. The maximum absolute atomic E-state index is 5.15. The number of rotatable bonds is 4. The molecule has 78 valence electrons. The molecular formula is C8H14N4OS. The molecule has 1 saturated heterocycles. The van der Waals surface area contributed by atoms with Crippen molar-refractivity contribution in [1.29, 1.82) is 0 Å². The van der Waals surface area contributed by atoms with Crippen molar-refractivity contribution >= 4 is 12.2 Å².